The Hall–Kier alpha value is -1.95. The highest BCUT2D eigenvalue weighted by molar-refractivity contribution is 5.88. The third-order valence-corrected chi connectivity index (χ3v) is 15.5. The zero-order valence-corrected chi connectivity index (χ0v) is 30.4. The van der Waals surface area contributed by atoms with Crippen molar-refractivity contribution in [3.05, 3.63) is 54.1 Å². The number of piperazine rings is 1. The van der Waals surface area contributed by atoms with E-state index in [1.807, 2.05) is 19.1 Å². The van der Waals surface area contributed by atoms with Gasteiger partial charge in [0.25, 0.3) is 0 Å². The predicted octanol–water partition coefficient (Wildman–Crippen LogP) is 8.53. The molecule has 0 radical (unpaired) electrons. The Balaban J connectivity index is 0.00000124. The lowest BCUT2D eigenvalue weighted by Crippen LogP contribution is -2.64. The van der Waals surface area contributed by atoms with E-state index in [-0.39, 0.29) is 0 Å². The average Bonchev–Trinajstić information content (AvgIpc) is 3.49. The van der Waals surface area contributed by atoms with Gasteiger partial charge in [-0.1, -0.05) is 58.4 Å². The Morgan fingerprint density at radius 3 is 2.40 bits per heavy atom. The topological polar surface area (TPSA) is 64.6 Å². The van der Waals surface area contributed by atoms with Gasteiger partial charge in [-0.25, -0.2) is 4.79 Å². The Morgan fingerprint density at radius 2 is 1.70 bits per heavy atom. The van der Waals surface area contributed by atoms with Crippen LogP contribution in [0.2, 0.25) is 0 Å². The fraction of sp³-hybridized carbons (Fsp3) is 0.738. The van der Waals surface area contributed by atoms with Crippen molar-refractivity contribution in [2.24, 2.45) is 51.2 Å². The summed E-state index contributed by atoms with van der Waals surface area (Å²) in [5, 5.41) is 16.9. The second-order valence-corrected chi connectivity index (χ2v) is 17.3. The van der Waals surface area contributed by atoms with Crippen LogP contribution in [0.4, 0.5) is 0 Å². The van der Waals surface area contributed by atoms with Crippen LogP contribution in [-0.2, 0) is 0 Å². The van der Waals surface area contributed by atoms with E-state index >= 15 is 0 Å². The summed E-state index contributed by atoms with van der Waals surface area (Å²) in [5.41, 5.74) is 4.80. The minimum atomic E-state index is -0.842. The third-order valence-electron chi connectivity index (χ3n) is 15.5. The van der Waals surface area contributed by atoms with Crippen molar-refractivity contribution < 1.29 is 9.90 Å². The summed E-state index contributed by atoms with van der Waals surface area (Å²) in [4.78, 5) is 14.1. The predicted molar refractivity (Wildman–Crippen MR) is 195 cm³/mol. The Morgan fingerprint density at radius 1 is 0.979 bits per heavy atom. The van der Waals surface area contributed by atoms with Gasteiger partial charge in [0.15, 0.2) is 0 Å². The summed E-state index contributed by atoms with van der Waals surface area (Å²) < 4.78 is 0. The number of rotatable bonds is 7. The largest absolute Gasteiger partial charge is 0.478 e. The molecule has 260 valence electrons. The number of hydrogen-bond donors (Lipinski definition) is 3. The summed E-state index contributed by atoms with van der Waals surface area (Å²) in [5.74, 6) is 2.95. The molecule has 1 aromatic rings. The van der Waals surface area contributed by atoms with Crippen LogP contribution in [-0.4, -0.2) is 61.8 Å². The molecule has 6 aliphatic rings. The average molecular weight is 644 g/mol. The number of carboxylic acid groups (broad SMARTS) is 1. The number of carboxylic acids is 1. The number of allylic oxidation sites excluding steroid dienone is 3. The first-order valence-corrected chi connectivity index (χ1v) is 19.3. The van der Waals surface area contributed by atoms with Gasteiger partial charge < -0.3 is 15.7 Å². The minimum absolute atomic E-state index is 0.348. The van der Waals surface area contributed by atoms with Crippen LogP contribution in [0, 0.1) is 51.2 Å². The van der Waals surface area contributed by atoms with Crippen LogP contribution in [0.25, 0.3) is 5.57 Å². The third kappa shape index (κ3) is 5.99. The van der Waals surface area contributed by atoms with Crippen LogP contribution >= 0.6 is 0 Å². The quantitative estimate of drug-likeness (QED) is 0.205. The van der Waals surface area contributed by atoms with E-state index in [0.29, 0.717) is 39.1 Å². The fourth-order valence-electron chi connectivity index (χ4n) is 12.9. The van der Waals surface area contributed by atoms with E-state index in [2.05, 4.69) is 55.9 Å². The van der Waals surface area contributed by atoms with Gasteiger partial charge in [-0.15, -0.1) is 6.58 Å². The SMILES string of the molecule is C=CC.CC1C(c2ccc(C(=O)O)cc2)=CCC2(C)C1CCC1(C)C2CCC2C3CCCC3(CNCCN3CCNCC3)CC[C@]21C. The maximum atomic E-state index is 11.4. The van der Waals surface area contributed by atoms with Crippen molar-refractivity contribution in [3.8, 4) is 0 Å². The van der Waals surface area contributed by atoms with Gasteiger partial charge in [0.1, 0.15) is 0 Å². The Kier molecular flexibility index (Phi) is 10.2. The monoisotopic (exact) mass is 644 g/mol. The molecule has 1 aliphatic heterocycles. The van der Waals surface area contributed by atoms with Crippen molar-refractivity contribution in [2.75, 3.05) is 45.8 Å². The van der Waals surface area contributed by atoms with Gasteiger partial charge >= 0.3 is 5.97 Å². The van der Waals surface area contributed by atoms with Crippen LogP contribution < -0.4 is 10.6 Å². The molecule has 9 atom stereocenters. The van der Waals surface area contributed by atoms with Gasteiger partial charge in [0.05, 0.1) is 5.56 Å². The van der Waals surface area contributed by atoms with Crippen LogP contribution in [0.3, 0.4) is 0 Å². The molecule has 0 bridgehead atoms. The lowest BCUT2D eigenvalue weighted by atomic mass is 9.33. The van der Waals surface area contributed by atoms with E-state index in [1.165, 1.54) is 102 Å². The molecular weight excluding hydrogens is 578 g/mol. The van der Waals surface area contributed by atoms with Crippen molar-refractivity contribution in [1.82, 2.24) is 15.5 Å². The first-order chi connectivity index (χ1) is 22.5. The fourth-order valence-corrected chi connectivity index (χ4v) is 12.9. The summed E-state index contributed by atoms with van der Waals surface area (Å²) in [6.45, 7) is 24.2. The highest BCUT2D eigenvalue weighted by Gasteiger charge is 2.68. The molecule has 8 unspecified atom stereocenters. The second-order valence-electron chi connectivity index (χ2n) is 17.3. The van der Waals surface area contributed by atoms with E-state index in [4.69, 9.17) is 0 Å². The van der Waals surface area contributed by atoms with Crippen molar-refractivity contribution in [3.63, 3.8) is 0 Å². The van der Waals surface area contributed by atoms with E-state index in [9.17, 15) is 9.90 Å². The van der Waals surface area contributed by atoms with Crippen molar-refractivity contribution in [2.45, 2.75) is 98.8 Å². The lowest BCUT2D eigenvalue weighted by Gasteiger charge is -2.71. The van der Waals surface area contributed by atoms with Crippen molar-refractivity contribution in [1.29, 1.82) is 0 Å². The number of hydrogen-bond acceptors (Lipinski definition) is 4. The minimum Gasteiger partial charge on any atom is -0.478 e. The number of aromatic carboxylic acids is 1. The van der Waals surface area contributed by atoms with E-state index < -0.39 is 5.97 Å². The maximum absolute atomic E-state index is 11.4. The summed E-state index contributed by atoms with van der Waals surface area (Å²) in [6, 6.07) is 7.66. The van der Waals surface area contributed by atoms with E-state index in [1.54, 1.807) is 18.2 Å². The standard InChI is InChI=1S/C39H59N3O2.C3H6/c1-27-30(28-7-9-29(10-8-28)35(43)44)13-16-36(2)31(27)14-17-38(4)34(36)12-11-32-33-6-5-15-39(33,19-18-37(32,38)3)26-41-22-25-42-23-20-40-21-24-42;1-3-2/h7-10,13,27,31-34,40-41H,5-6,11-12,14-26H2,1-4H3,(H,43,44);3H,1H2,2H3/t27?,31?,32?,33?,34?,36?,37-,38?,39?;/m1./s1. The highest BCUT2D eigenvalue weighted by atomic mass is 16.4. The summed E-state index contributed by atoms with van der Waals surface area (Å²) in [6.07, 6.45) is 18.3. The molecule has 5 nitrogen and oxygen atoms in total. The molecular formula is C42H65N3O2. The smallest absolute Gasteiger partial charge is 0.335 e. The molecule has 0 amide bonds. The number of benzene rings is 1. The molecule has 1 heterocycles. The normalized spacial score (nSPS) is 41.2. The van der Waals surface area contributed by atoms with Gasteiger partial charge in [0, 0.05) is 45.8 Å². The molecule has 0 spiro atoms. The molecule has 1 saturated heterocycles. The van der Waals surface area contributed by atoms with E-state index in [0.717, 1.165) is 37.4 Å². The summed E-state index contributed by atoms with van der Waals surface area (Å²) >= 11 is 0. The first-order valence-electron chi connectivity index (χ1n) is 19.3. The van der Waals surface area contributed by atoms with Gasteiger partial charge in [0.2, 0.25) is 0 Å². The van der Waals surface area contributed by atoms with Gasteiger partial charge in [-0.3, -0.25) is 4.90 Å². The molecule has 47 heavy (non-hydrogen) atoms. The molecule has 4 saturated carbocycles. The molecule has 7 rings (SSSR count). The zero-order chi connectivity index (χ0) is 33.5. The number of fused-ring (bicyclic) bond motifs is 7. The lowest BCUT2D eigenvalue weighted by molar-refractivity contribution is -0.217. The molecule has 5 fully saturated rings. The molecule has 3 N–H and O–H groups in total. The number of nitrogens with zero attached hydrogens (tertiary/aromatic N) is 1. The van der Waals surface area contributed by atoms with Crippen molar-refractivity contribution >= 4 is 11.5 Å². The van der Waals surface area contributed by atoms with Crippen LogP contribution in [0.1, 0.15) is 115 Å². The Bertz CT molecular complexity index is 1300. The number of carbonyl (C=O) groups is 1. The second kappa shape index (κ2) is 13.8. The molecule has 0 aromatic heterocycles. The van der Waals surface area contributed by atoms with Crippen LogP contribution in [0.5, 0.6) is 0 Å². The molecule has 5 heteroatoms. The van der Waals surface area contributed by atoms with Gasteiger partial charge in [-0.05, 0) is 139 Å². The highest BCUT2D eigenvalue weighted by Crippen LogP contribution is 2.76. The zero-order valence-electron chi connectivity index (χ0n) is 30.4. The number of nitrogens with one attached hydrogen (secondary N) is 2. The van der Waals surface area contributed by atoms with Gasteiger partial charge in [-0.2, -0.15) is 0 Å². The first kappa shape index (κ1) is 34.9. The van der Waals surface area contributed by atoms with Crippen LogP contribution in [0.15, 0.2) is 43.0 Å². The molecule has 1 aromatic carbocycles. The maximum Gasteiger partial charge on any atom is 0.335 e. The summed E-state index contributed by atoms with van der Waals surface area (Å²) in [7, 11) is 0. The Labute approximate surface area is 286 Å². The molecule has 5 aliphatic carbocycles.